The molecule has 164 valence electrons. The van der Waals surface area contributed by atoms with Crippen LogP contribution >= 0.6 is 10.2 Å². The highest BCUT2D eigenvalue weighted by Gasteiger charge is 2.65. The number of anilines is 1. The second-order valence-electron chi connectivity index (χ2n) is 6.28. The molecule has 0 spiro atoms. The van der Waals surface area contributed by atoms with Gasteiger partial charge in [0.15, 0.2) is 11.5 Å². The summed E-state index contributed by atoms with van der Waals surface area (Å²) in [6, 6.07) is 6.92. The molecule has 30 heavy (non-hydrogen) atoms. The largest absolute Gasteiger partial charge is 0.493 e. The molecule has 2 aromatic carbocycles. The highest BCUT2D eigenvalue weighted by Crippen LogP contribution is 3.02. The van der Waals surface area contributed by atoms with Crippen molar-refractivity contribution in [3.63, 3.8) is 0 Å². The van der Waals surface area contributed by atoms with Gasteiger partial charge in [0.05, 0.1) is 7.11 Å². The first-order chi connectivity index (χ1) is 13.7. The van der Waals surface area contributed by atoms with E-state index in [9.17, 15) is 24.2 Å². The number of methoxy groups -OCH3 is 1. The second-order valence-corrected chi connectivity index (χ2v) is 8.69. The van der Waals surface area contributed by atoms with Gasteiger partial charge in [0, 0.05) is 11.8 Å². The molecule has 0 bridgehead atoms. The van der Waals surface area contributed by atoms with Crippen LogP contribution in [-0.2, 0) is 4.79 Å². The summed E-state index contributed by atoms with van der Waals surface area (Å²) >= 11 is 0. The summed E-state index contributed by atoms with van der Waals surface area (Å²) in [5.74, 6) is 0.253. The molecule has 1 atom stereocenters. The van der Waals surface area contributed by atoms with Crippen molar-refractivity contribution in [2.75, 3.05) is 12.4 Å². The molecule has 0 saturated carbocycles. The number of carbonyl (C=O) groups excluding carboxylic acids is 1. The Morgan fingerprint density at radius 2 is 1.70 bits per heavy atom. The maximum atomic E-state index is 12.7. The summed E-state index contributed by atoms with van der Waals surface area (Å²) in [6.07, 6.45) is 3.96. The monoisotopic (exact) mass is 449 g/mol. The van der Waals surface area contributed by atoms with Gasteiger partial charge in [-0.3, -0.25) is 4.79 Å². The van der Waals surface area contributed by atoms with Gasteiger partial charge < -0.3 is 14.8 Å². The molecule has 0 aromatic heterocycles. The minimum atomic E-state index is -9.74. The molecule has 1 amide bonds. The van der Waals surface area contributed by atoms with Gasteiger partial charge in [-0.1, -0.05) is 38.2 Å². The predicted octanol–water partition coefficient (Wildman–Crippen LogP) is 6.96. The lowest BCUT2D eigenvalue weighted by atomic mass is 10.2. The van der Waals surface area contributed by atoms with Crippen LogP contribution in [0.3, 0.4) is 0 Å². The van der Waals surface area contributed by atoms with Crippen molar-refractivity contribution < 1.29 is 33.7 Å². The lowest BCUT2D eigenvalue weighted by molar-refractivity contribution is -0.111. The molecule has 1 N–H and O–H groups in total. The summed E-state index contributed by atoms with van der Waals surface area (Å²) in [6.45, 7) is 5.42. The van der Waals surface area contributed by atoms with Crippen molar-refractivity contribution in [3.05, 3.63) is 66.8 Å². The topological polar surface area (TPSA) is 47.6 Å². The van der Waals surface area contributed by atoms with Gasteiger partial charge in [-0.15, -0.1) is 0 Å². The molecule has 0 aliphatic rings. The lowest BCUT2D eigenvalue weighted by Gasteiger charge is -2.40. The number of hydrogen-bond donors (Lipinski definition) is 1. The average molecular weight is 449 g/mol. The van der Waals surface area contributed by atoms with Crippen molar-refractivity contribution in [2.45, 2.75) is 17.9 Å². The average Bonchev–Trinajstić information content (AvgIpc) is 2.65. The number of ether oxygens (including phenoxy) is 2. The summed E-state index contributed by atoms with van der Waals surface area (Å²) < 4.78 is 74.4. The standard InChI is InChI=1S/C20H20F5NO3S/c1-4-14(2)29-18-11-5-15(13-19(18)28-3)6-12-20(27)26-16-7-9-17(10-8-16)30(21,22,23,24)25/h4-14H,1H2,2-3H3,(H,26,27)/b12-6+. The zero-order chi connectivity index (χ0) is 22.6. The third kappa shape index (κ3) is 6.51. The van der Waals surface area contributed by atoms with E-state index in [2.05, 4.69) is 11.9 Å². The molecule has 0 aliphatic heterocycles. The van der Waals surface area contributed by atoms with Gasteiger partial charge in [0.2, 0.25) is 5.91 Å². The van der Waals surface area contributed by atoms with Gasteiger partial charge in [0.25, 0.3) is 0 Å². The number of carbonyl (C=O) groups is 1. The second kappa shape index (κ2) is 7.67. The number of benzene rings is 2. The maximum Gasteiger partial charge on any atom is 0.310 e. The summed E-state index contributed by atoms with van der Waals surface area (Å²) in [5.41, 5.74) is 0.534. The van der Waals surface area contributed by atoms with Gasteiger partial charge in [-0.25, -0.2) is 0 Å². The number of amides is 1. The number of rotatable bonds is 8. The first kappa shape index (κ1) is 23.3. The summed E-state index contributed by atoms with van der Waals surface area (Å²) in [7, 11) is -8.29. The molecule has 1 unspecified atom stereocenters. The van der Waals surface area contributed by atoms with Crippen molar-refractivity contribution in [1.82, 2.24) is 0 Å². The molecule has 0 aliphatic carbocycles. The van der Waals surface area contributed by atoms with Gasteiger partial charge >= 0.3 is 10.2 Å². The Hall–Kier alpha value is -3.01. The van der Waals surface area contributed by atoms with Crippen molar-refractivity contribution >= 4 is 27.9 Å². The van der Waals surface area contributed by atoms with Crippen LogP contribution in [-0.4, -0.2) is 19.1 Å². The van der Waals surface area contributed by atoms with E-state index < -0.39 is 21.0 Å². The highest BCUT2D eigenvalue weighted by atomic mass is 32.5. The fourth-order valence-electron chi connectivity index (χ4n) is 2.28. The Morgan fingerprint density at radius 1 is 1.07 bits per heavy atom. The van der Waals surface area contributed by atoms with Crippen LogP contribution < -0.4 is 14.8 Å². The third-order valence-corrected chi connectivity index (χ3v) is 4.99. The number of halogens is 5. The molecule has 2 aromatic rings. The maximum absolute atomic E-state index is 12.7. The molecule has 0 fully saturated rings. The quantitative estimate of drug-likeness (QED) is 0.269. The van der Waals surface area contributed by atoms with Crippen LogP contribution in [0, 0.1) is 0 Å². The van der Waals surface area contributed by atoms with E-state index in [-0.39, 0.29) is 23.9 Å². The van der Waals surface area contributed by atoms with Gasteiger partial charge in [-0.2, -0.15) is 0 Å². The molecular formula is C20H20F5NO3S. The SMILES string of the molecule is C=CC(C)Oc1ccc(/C=C/C(=O)Nc2ccc(S(F)(F)(F)(F)F)cc2)cc1OC. The van der Waals surface area contributed by atoms with Crippen LogP contribution in [0.15, 0.2) is 66.1 Å². The van der Waals surface area contributed by atoms with E-state index in [1.165, 1.54) is 13.2 Å². The molecule has 0 saturated heterocycles. The Balaban J connectivity index is 2.09. The van der Waals surface area contributed by atoms with E-state index in [1.807, 2.05) is 0 Å². The summed E-state index contributed by atoms with van der Waals surface area (Å²) in [4.78, 5) is 9.95. The Labute approximate surface area is 170 Å². The van der Waals surface area contributed by atoms with Crippen LogP contribution in [0.1, 0.15) is 12.5 Å². The number of nitrogens with one attached hydrogen (secondary N) is 1. The Bertz CT molecular complexity index is 973. The summed E-state index contributed by atoms with van der Waals surface area (Å²) in [5, 5.41) is 2.30. The smallest absolute Gasteiger partial charge is 0.310 e. The molecule has 4 nitrogen and oxygen atoms in total. The minimum absolute atomic E-state index is 0.0602. The molecule has 0 radical (unpaired) electrons. The number of hydrogen-bond acceptors (Lipinski definition) is 3. The van der Waals surface area contributed by atoms with Crippen LogP contribution in [0.4, 0.5) is 25.1 Å². The van der Waals surface area contributed by atoms with E-state index in [4.69, 9.17) is 9.47 Å². The molecule has 0 heterocycles. The van der Waals surface area contributed by atoms with Crippen molar-refractivity contribution in [2.24, 2.45) is 0 Å². The normalized spacial score (nSPS) is 15.0. The highest BCUT2D eigenvalue weighted by molar-refractivity contribution is 8.45. The third-order valence-electron chi connectivity index (χ3n) is 3.83. The van der Waals surface area contributed by atoms with E-state index >= 15 is 0 Å². The van der Waals surface area contributed by atoms with Crippen molar-refractivity contribution in [1.29, 1.82) is 0 Å². The van der Waals surface area contributed by atoms with Gasteiger partial charge in [0.1, 0.15) is 11.0 Å². The Morgan fingerprint density at radius 3 is 2.23 bits per heavy atom. The zero-order valence-corrected chi connectivity index (χ0v) is 16.9. The van der Waals surface area contributed by atoms with E-state index in [0.717, 1.165) is 18.2 Å². The zero-order valence-electron chi connectivity index (χ0n) is 16.1. The molecule has 2 rings (SSSR count). The Kier molecular flexibility index (Phi) is 5.95. The first-order valence-electron chi connectivity index (χ1n) is 8.52. The van der Waals surface area contributed by atoms with Crippen LogP contribution in [0.5, 0.6) is 11.5 Å². The van der Waals surface area contributed by atoms with Crippen LogP contribution in [0.25, 0.3) is 6.08 Å². The van der Waals surface area contributed by atoms with Crippen molar-refractivity contribution in [3.8, 4) is 11.5 Å². The lowest BCUT2D eigenvalue weighted by Crippen LogP contribution is -2.09. The van der Waals surface area contributed by atoms with Crippen LogP contribution in [0.2, 0.25) is 0 Å². The first-order valence-corrected chi connectivity index (χ1v) is 10.5. The minimum Gasteiger partial charge on any atom is -0.493 e. The fraction of sp³-hybridized carbons (Fsp3) is 0.150. The van der Waals surface area contributed by atoms with E-state index in [1.54, 1.807) is 31.2 Å². The fourth-order valence-corrected chi connectivity index (χ4v) is 2.94. The van der Waals surface area contributed by atoms with E-state index in [0.29, 0.717) is 17.1 Å². The molecular weight excluding hydrogens is 429 g/mol. The van der Waals surface area contributed by atoms with Gasteiger partial charge in [-0.05, 0) is 55.0 Å². The predicted molar refractivity (Wildman–Crippen MR) is 109 cm³/mol. The molecule has 10 heteroatoms.